The molecule has 2 rings (SSSR count). The SMILES string of the molecule is CCCCN(C)C(=O)c1cc(C)nc2onc(C)c12. The maximum absolute atomic E-state index is 12.5. The summed E-state index contributed by atoms with van der Waals surface area (Å²) in [6.45, 7) is 6.53. The van der Waals surface area contributed by atoms with Crippen molar-refractivity contribution in [1.29, 1.82) is 0 Å². The molecule has 0 spiro atoms. The quantitative estimate of drug-likeness (QED) is 0.849. The number of rotatable bonds is 4. The number of carbonyl (C=O) groups excluding carboxylic acids is 1. The molecule has 0 saturated heterocycles. The average molecular weight is 261 g/mol. The second-order valence-electron chi connectivity index (χ2n) is 4.84. The largest absolute Gasteiger partial charge is 0.342 e. The van der Waals surface area contributed by atoms with Gasteiger partial charge in [-0.05, 0) is 26.3 Å². The summed E-state index contributed by atoms with van der Waals surface area (Å²) in [5.41, 5.74) is 2.52. The minimum absolute atomic E-state index is 0.00440. The Hall–Kier alpha value is -1.91. The van der Waals surface area contributed by atoms with Gasteiger partial charge in [0, 0.05) is 19.3 Å². The van der Waals surface area contributed by atoms with E-state index < -0.39 is 0 Å². The van der Waals surface area contributed by atoms with Gasteiger partial charge in [0.1, 0.15) is 0 Å². The molecule has 0 aromatic carbocycles. The minimum atomic E-state index is -0.00440. The van der Waals surface area contributed by atoms with Crippen LogP contribution in [0.25, 0.3) is 11.1 Å². The highest BCUT2D eigenvalue weighted by atomic mass is 16.5. The molecule has 1 amide bonds. The molecule has 0 atom stereocenters. The summed E-state index contributed by atoms with van der Waals surface area (Å²) in [5, 5.41) is 4.61. The summed E-state index contributed by atoms with van der Waals surface area (Å²) in [6, 6.07) is 1.80. The third-order valence-corrected chi connectivity index (χ3v) is 3.17. The Morgan fingerprint density at radius 1 is 1.42 bits per heavy atom. The van der Waals surface area contributed by atoms with Crippen molar-refractivity contribution in [2.75, 3.05) is 13.6 Å². The number of hydrogen-bond donors (Lipinski definition) is 0. The first-order chi connectivity index (χ1) is 9.04. The molecule has 102 valence electrons. The van der Waals surface area contributed by atoms with Crippen molar-refractivity contribution in [3.63, 3.8) is 0 Å². The summed E-state index contributed by atoms with van der Waals surface area (Å²) in [5.74, 6) is -0.00440. The van der Waals surface area contributed by atoms with Crippen LogP contribution in [0.5, 0.6) is 0 Å². The van der Waals surface area contributed by atoms with Gasteiger partial charge in [-0.3, -0.25) is 4.79 Å². The summed E-state index contributed by atoms with van der Waals surface area (Å²) in [4.78, 5) is 18.5. The van der Waals surface area contributed by atoms with Gasteiger partial charge in [0.15, 0.2) is 0 Å². The van der Waals surface area contributed by atoms with Crippen LogP contribution in [0, 0.1) is 13.8 Å². The van der Waals surface area contributed by atoms with E-state index in [9.17, 15) is 4.79 Å². The molecule has 5 nitrogen and oxygen atoms in total. The lowest BCUT2D eigenvalue weighted by Gasteiger charge is -2.17. The molecular formula is C14H19N3O2. The Balaban J connectivity index is 2.43. The van der Waals surface area contributed by atoms with E-state index in [0.717, 1.165) is 30.5 Å². The van der Waals surface area contributed by atoms with Gasteiger partial charge in [-0.1, -0.05) is 18.5 Å². The number of aryl methyl sites for hydroxylation is 2. The van der Waals surface area contributed by atoms with Crippen LogP contribution in [-0.2, 0) is 0 Å². The summed E-state index contributed by atoms with van der Waals surface area (Å²) in [7, 11) is 1.82. The first kappa shape index (κ1) is 13.5. The van der Waals surface area contributed by atoms with Gasteiger partial charge in [0.25, 0.3) is 11.6 Å². The van der Waals surface area contributed by atoms with Gasteiger partial charge in [0.05, 0.1) is 16.6 Å². The highest BCUT2D eigenvalue weighted by Gasteiger charge is 2.20. The van der Waals surface area contributed by atoms with E-state index in [4.69, 9.17) is 4.52 Å². The first-order valence-corrected chi connectivity index (χ1v) is 6.53. The number of nitrogens with zero attached hydrogens (tertiary/aromatic N) is 3. The van der Waals surface area contributed by atoms with E-state index in [1.807, 2.05) is 20.9 Å². The predicted octanol–water partition coefficient (Wildman–Crippen LogP) is 2.71. The third kappa shape index (κ3) is 2.59. The Morgan fingerprint density at radius 3 is 2.84 bits per heavy atom. The van der Waals surface area contributed by atoms with E-state index in [1.165, 1.54) is 0 Å². The minimum Gasteiger partial charge on any atom is -0.342 e. The summed E-state index contributed by atoms with van der Waals surface area (Å²) in [6.07, 6.45) is 2.06. The lowest BCUT2D eigenvalue weighted by Crippen LogP contribution is -2.28. The van der Waals surface area contributed by atoms with E-state index in [-0.39, 0.29) is 5.91 Å². The van der Waals surface area contributed by atoms with Crippen molar-refractivity contribution in [1.82, 2.24) is 15.0 Å². The molecule has 2 aromatic rings. The van der Waals surface area contributed by atoms with Crippen LogP contribution < -0.4 is 0 Å². The molecule has 0 N–H and O–H groups in total. The number of carbonyl (C=O) groups is 1. The zero-order chi connectivity index (χ0) is 14.0. The molecule has 0 fully saturated rings. The van der Waals surface area contributed by atoms with Gasteiger partial charge >= 0.3 is 0 Å². The Kier molecular flexibility index (Phi) is 3.83. The van der Waals surface area contributed by atoms with Crippen molar-refractivity contribution >= 4 is 17.0 Å². The smallest absolute Gasteiger partial charge is 0.258 e. The summed E-state index contributed by atoms with van der Waals surface area (Å²) < 4.78 is 5.15. The first-order valence-electron chi connectivity index (χ1n) is 6.53. The molecule has 19 heavy (non-hydrogen) atoms. The van der Waals surface area contributed by atoms with Crippen LogP contribution in [0.1, 0.15) is 41.5 Å². The Morgan fingerprint density at radius 2 is 2.16 bits per heavy atom. The second-order valence-corrected chi connectivity index (χ2v) is 4.84. The van der Waals surface area contributed by atoms with Crippen LogP contribution >= 0.6 is 0 Å². The van der Waals surface area contributed by atoms with Gasteiger partial charge in [-0.15, -0.1) is 0 Å². The highest BCUT2D eigenvalue weighted by molar-refractivity contribution is 6.05. The normalized spacial score (nSPS) is 10.9. The van der Waals surface area contributed by atoms with E-state index in [0.29, 0.717) is 17.0 Å². The number of amides is 1. The van der Waals surface area contributed by atoms with E-state index in [1.54, 1.807) is 11.0 Å². The molecule has 2 heterocycles. The number of fused-ring (bicyclic) bond motifs is 1. The predicted molar refractivity (Wildman–Crippen MR) is 73.1 cm³/mol. The maximum Gasteiger partial charge on any atom is 0.258 e. The molecule has 0 unspecified atom stereocenters. The van der Waals surface area contributed by atoms with Crippen molar-refractivity contribution in [3.8, 4) is 0 Å². The third-order valence-electron chi connectivity index (χ3n) is 3.17. The number of aromatic nitrogens is 2. The van der Waals surface area contributed by atoms with Crippen molar-refractivity contribution in [2.24, 2.45) is 0 Å². The Labute approximate surface area is 112 Å². The standard InChI is InChI=1S/C14H19N3O2/c1-5-6-7-17(4)14(18)11-8-9(2)15-13-12(11)10(3)16-19-13/h8H,5-7H2,1-4H3. The lowest BCUT2D eigenvalue weighted by molar-refractivity contribution is 0.0795. The average Bonchev–Trinajstić information content (AvgIpc) is 2.75. The zero-order valence-corrected chi connectivity index (χ0v) is 11.9. The van der Waals surface area contributed by atoms with Crippen molar-refractivity contribution < 1.29 is 9.32 Å². The molecule has 0 saturated carbocycles. The lowest BCUT2D eigenvalue weighted by atomic mass is 10.1. The van der Waals surface area contributed by atoms with Crippen molar-refractivity contribution in [2.45, 2.75) is 33.6 Å². The molecular weight excluding hydrogens is 242 g/mol. The van der Waals surface area contributed by atoms with Gasteiger partial charge in [-0.2, -0.15) is 0 Å². The second kappa shape index (κ2) is 5.38. The van der Waals surface area contributed by atoms with Crippen LogP contribution in [0.3, 0.4) is 0 Å². The highest BCUT2D eigenvalue weighted by Crippen LogP contribution is 2.23. The molecule has 0 radical (unpaired) electrons. The maximum atomic E-state index is 12.5. The topological polar surface area (TPSA) is 59.2 Å². The van der Waals surface area contributed by atoms with E-state index in [2.05, 4.69) is 17.1 Å². The molecule has 0 aliphatic heterocycles. The molecule has 5 heteroatoms. The molecule has 0 bridgehead atoms. The number of pyridine rings is 1. The fraction of sp³-hybridized carbons (Fsp3) is 0.500. The Bertz CT molecular complexity index is 604. The molecule has 2 aromatic heterocycles. The van der Waals surface area contributed by atoms with E-state index >= 15 is 0 Å². The monoisotopic (exact) mass is 261 g/mol. The number of unbranched alkanes of at least 4 members (excludes halogenated alkanes) is 1. The van der Waals surface area contributed by atoms with Gasteiger partial charge < -0.3 is 9.42 Å². The fourth-order valence-corrected chi connectivity index (χ4v) is 2.09. The van der Waals surface area contributed by atoms with Gasteiger partial charge in [0.2, 0.25) is 0 Å². The summed E-state index contributed by atoms with van der Waals surface area (Å²) >= 11 is 0. The van der Waals surface area contributed by atoms with Crippen LogP contribution in [0.2, 0.25) is 0 Å². The van der Waals surface area contributed by atoms with Gasteiger partial charge in [-0.25, -0.2) is 4.98 Å². The van der Waals surface area contributed by atoms with Crippen LogP contribution in [-0.4, -0.2) is 34.5 Å². The fourth-order valence-electron chi connectivity index (χ4n) is 2.09. The zero-order valence-electron chi connectivity index (χ0n) is 11.9. The van der Waals surface area contributed by atoms with Crippen LogP contribution in [0.15, 0.2) is 10.6 Å². The number of hydrogen-bond acceptors (Lipinski definition) is 4. The van der Waals surface area contributed by atoms with Crippen LogP contribution in [0.4, 0.5) is 0 Å². The molecule has 0 aliphatic carbocycles. The van der Waals surface area contributed by atoms with Crippen molar-refractivity contribution in [3.05, 3.63) is 23.0 Å². The molecule has 0 aliphatic rings.